The number of carbonyl (C=O) groups excluding carboxylic acids is 1. The van der Waals surface area contributed by atoms with Crippen LogP contribution in [-0.2, 0) is 10.2 Å². The molecule has 6 nitrogen and oxygen atoms in total. The number of phenolic OH excluding ortho intramolecular Hbond substituents is 1. The summed E-state index contributed by atoms with van der Waals surface area (Å²) < 4.78 is 5.88. The first-order chi connectivity index (χ1) is 10.9. The monoisotopic (exact) mass is 353 g/mol. The van der Waals surface area contributed by atoms with Crippen LogP contribution in [0, 0.1) is 0 Å². The second-order valence-electron chi connectivity index (χ2n) is 7.36. The Kier molecular flexibility index (Phi) is 3.12. The van der Waals surface area contributed by atoms with E-state index in [1.165, 1.54) is 6.07 Å². The third kappa shape index (κ3) is 1.43. The SMILES string of the molecule is CN1CC[C@]23c4c5ccc(O)c4O[C@H]2C(=O)CC[C@@]3(O)[C@H]1C5O.Cl. The van der Waals surface area contributed by atoms with E-state index in [1.807, 2.05) is 11.9 Å². The highest BCUT2D eigenvalue weighted by Gasteiger charge is 2.74. The molecule has 1 unspecified atom stereocenters. The van der Waals surface area contributed by atoms with Gasteiger partial charge in [-0.15, -0.1) is 12.4 Å². The molecule has 1 saturated carbocycles. The molecule has 0 aromatic heterocycles. The Morgan fingerprint density at radius 1 is 1.33 bits per heavy atom. The molecule has 0 amide bonds. The molecule has 1 spiro atoms. The van der Waals surface area contributed by atoms with E-state index in [2.05, 4.69) is 0 Å². The van der Waals surface area contributed by atoms with E-state index < -0.39 is 29.3 Å². The summed E-state index contributed by atoms with van der Waals surface area (Å²) in [4.78, 5) is 14.5. The Labute approximate surface area is 145 Å². The van der Waals surface area contributed by atoms with Crippen molar-refractivity contribution < 1.29 is 24.9 Å². The summed E-state index contributed by atoms with van der Waals surface area (Å²) in [5, 5.41) is 32.8. The molecule has 130 valence electrons. The van der Waals surface area contributed by atoms with Crippen LogP contribution < -0.4 is 4.74 Å². The summed E-state index contributed by atoms with van der Waals surface area (Å²) in [5.74, 6) is 0.200. The van der Waals surface area contributed by atoms with Crippen molar-refractivity contribution in [3.05, 3.63) is 23.3 Å². The van der Waals surface area contributed by atoms with Crippen LogP contribution in [0.3, 0.4) is 0 Å². The number of halogens is 1. The Morgan fingerprint density at radius 2 is 2.08 bits per heavy atom. The smallest absolute Gasteiger partial charge is 0.174 e. The molecule has 7 heteroatoms. The predicted octanol–water partition coefficient (Wildman–Crippen LogP) is 0.658. The average molecular weight is 354 g/mol. The molecule has 2 heterocycles. The highest BCUT2D eigenvalue weighted by molar-refractivity contribution is 5.90. The fourth-order valence-corrected chi connectivity index (χ4v) is 5.63. The zero-order chi connectivity index (χ0) is 16.1. The van der Waals surface area contributed by atoms with E-state index in [-0.39, 0.29) is 36.1 Å². The molecule has 1 aromatic rings. The lowest BCUT2D eigenvalue weighted by Crippen LogP contribution is -2.76. The number of hydrogen-bond donors (Lipinski definition) is 3. The number of ketones is 1. The van der Waals surface area contributed by atoms with Crippen molar-refractivity contribution in [2.75, 3.05) is 13.6 Å². The van der Waals surface area contributed by atoms with Crippen LogP contribution in [0.25, 0.3) is 0 Å². The van der Waals surface area contributed by atoms with Gasteiger partial charge in [-0.1, -0.05) is 6.07 Å². The summed E-state index contributed by atoms with van der Waals surface area (Å²) in [7, 11) is 1.90. The number of aromatic hydroxyl groups is 1. The van der Waals surface area contributed by atoms with Crippen LogP contribution in [-0.4, -0.2) is 57.3 Å². The average Bonchev–Trinajstić information content (AvgIpc) is 2.86. The van der Waals surface area contributed by atoms with Crippen molar-refractivity contribution in [1.29, 1.82) is 0 Å². The van der Waals surface area contributed by atoms with E-state index >= 15 is 0 Å². The van der Waals surface area contributed by atoms with Crippen molar-refractivity contribution in [2.24, 2.45) is 0 Å². The number of benzene rings is 1. The number of aliphatic hydroxyl groups excluding tert-OH is 1. The lowest BCUT2D eigenvalue weighted by molar-refractivity contribution is -0.206. The maximum Gasteiger partial charge on any atom is 0.174 e. The van der Waals surface area contributed by atoms with Crippen molar-refractivity contribution in [3.63, 3.8) is 0 Å². The summed E-state index contributed by atoms with van der Waals surface area (Å²) in [6.45, 7) is 0.658. The topological polar surface area (TPSA) is 90.2 Å². The van der Waals surface area contributed by atoms with E-state index in [0.717, 1.165) is 0 Å². The van der Waals surface area contributed by atoms with Crippen molar-refractivity contribution >= 4 is 18.2 Å². The molecule has 2 bridgehead atoms. The molecule has 2 aliphatic heterocycles. The number of rotatable bonds is 0. The largest absolute Gasteiger partial charge is 0.504 e. The summed E-state index contributed by atoms with van der Waals surface area (Å²) >= 11 is 0. The van der Waals surface area contributed by atoms with Gasteiger partial charge in [-0.3, -0.25) is 9.69 Å². The molecular formula is C17H20ClNO5. The van der Waals surface area contributed by atoms with Gasteiger partial charge in [-0.25, -0.2) is 0 Å². The minimum absolute atomic E-state index is 0. The Hall–Kier alpha value is -1.34. The van der Waals surface area contributed by atoms with Gasteiger partial charge in [0.2, 0.25) is 0 Å². The van der Waals surface area contributed by atoms with Gasteiger partial charge in [0.05, 0.1) is 23.2 Å². The Bertz CT molecular complexity index is 755. The van der Waals surface area contributed by atoms with Gasteiger partial charge in [0, 0.05) is 12.0 Å². The Morgan fingerprint density at radius 3 is 2.83 bits per heavy atom. The number of nitrogens with zero attached hydrogens (tertiary/aromatic N) is 1. The van der Waals surface area contributed by atoms with Gasteiger partial charge in [0.15, 0.2) is 23.4 Å². The van der Waals surface area contributed by atoms with E-state index in [9.17, 15) is 20.1 Å². The van der Waals surface area contributed by atoms with Crippen LogP contribution >= 0.6 is 12.4 Å². The number of likely N-dealkylation sites (tertiary alicyclic amines) is 1. The van der Waals surface area contributed by atoms with Gasteiger partial charge in [-0.2, -0.15) is 0 Å². The summed E-state index contributed by atoms with van der Waals surface area (Å²) in [5.41, 5.74) is -0.780. The van der Waals surface area contributed by atoms with Crippen LogP contribution in [0.1, 0.15) is 36.5 Å². The number of Topliss-reactive ketones (excluding diaryl/α,β-unsaturated/α-hetero) is 1. The Balaban J connectivity index is 0.00000146. The lowest BCUT2D eigenvalue weighted by Gasteiger charge is -2.63. The second kappa shape index (κ2) is 4.64. The van der Waals surface area contributed by atoms with Crippen molar-refractivity contribution in [3.8, 4) is 11.5 Å². The number of hydrogen-bond acceptors (Lipinski definition) is 6. The molecule has 2 aliphatic carbocycles. The van der Waals surface area contributed by atoms with Crippen LogP contribution in [0.4, 0.5) is 0 Å². The number of carbonyl (C=O) groups is 1. The molecular weight excluding hydrogens is 334 g/mol. The minimum atomic E-state index is -1.23. The van der Waals surface area contributed by atoms with Crippen LogP contribution in [0.2, 0.25) is 0 Å². The molecule has 0 radical (unpaired) electrons. The molecule has 1 aromatic carbocycles. The van der Waals surface area contributed by atoms with E-state index in [0.29, 0.717) is 30.5 Å². The lowest BCUT2D eigenvalue weighted by atomic mass is 9.48. The van der Waals surface area contributed by atoms with Gasteiger partial charge in [-0.05, 0) is 38.1 Å². The molecule has 1 saturated heterocycles. The van der Waals surface area contributed by atoms with Gasteiger partial charge in [0.1, 0.15) is 0 Å². The maximum absolute atomic E-state index is 12.5. The van der Waals surface area contributed by atoms with Gasteiger partial charge in [0.25, 0.3) is 0 Å². The van der Waals surface area contributed by atoms with E-state index in [4.69, 9.17) is 4.74 Å². The standard InChI is InChI=1S/C17H19NO5.ClH/c1-18-7-6-16-11-8-2-3-9(19)13(11)23-15(16)10(20)4-5-17(16,22)14(18)12(8)21;/h2-3,12,14-15,19,21-22H,4-7H2,1H3;1H/t12?,14-,15+,16+,17-;/m1./s1. The molecule has 24 heavy (non-hydrogen) atoms. The van der Waals surface area contributed by atoms with Gasteiger partial charge >= 0.3 is 0 Å². The maximum atomic E-state index is 12.5. The van der Waals surface area contributed by atoms with Crippen molar-refractivity contribution in [2.45, 2.75) is 48.5 Å². The quantitative estimate of drug-likeness (QED) is 0.635. The summed E-state index contributed by atoms with van der Waals surface area (Å²) in [6, 6.07) is 2.71. The number of piperidine rings is 1. The second-order valence-corrected chi connectivity index (χ2v) is 7.36. The minimum Gasteiger partial charge on any atom is -0.504 e. The number of ether oxygens (including phenoxy) is 1. The first-order valence-electron chi connectivity index (χ1n) is 8.08. The zero-order valence-corrected chi connectivity index (χ0v) is 14.0. The highest BCUT2D eigenvalue weighted by atomic mass is 35.5. The molecule has 5 rings (SSSR count). The highest BCUT2D eigenvalue weighted by Crippen LogP contribution is 2.66. The van der Waals surface area contributed by atoms with Crippen LogP contribution in [0.15, 0.2) is 12.1 Å². The number of likely N-dealkylation sites (N-methyl/N-ethyl adjacent to an activating group) is 1. The number of phenols is 1. The third-order valence-corrected chi connectivity index (χ3v) is 6.56. The molecule has 2 fully saturated rings. The zero-order valence-electron chi connectivity index (χ0n) is 13.2. The molecule has 5 atom stereocenters. The molecule has 4 aliphatic rings. The van der Waals surface area contributed by atoms with Gasteiger partial charge < -0.3 is 20.1 Å². The van der Waals surface area contributed by atoms with Crippen molar-refractivity contribution in [1.82, 2.24) is 4.90 Å². The molecule has 3 N–H and O–H groups in total. The normalized spacial score (nSPS) is 42.1. The van der Waals surface area contributed by atoms with E-state index in [1.54, 1.807) is 6.07 Å². The summed E-state index contributed by atoms with van der Waals surface area (Å²) in [6.07, 6.45) is -0.533. The number of aliphatic hydroxyl groups is 2. The fraction of sp³-hybridized carbons (Fsp3) is 0.588. The first-order valence-corrected chi connectivity index (χ1v) is 8.08. The third-order valence-electron chi connectivity index (χ3n) is 6.56. The fourth-order valence-electron chi connectivity index (χ4n) is 5.63. The predicted molar refractivity (Wildman–Crippen MR) is 86.6 cm³/mol. The first kappa shape index (κ1) is 16.1. The van der Waals surface area contributed by atoms with Crippen LogP contribution in [0.5, 0.6) is 11.5 Å².